The standard InChI is InChI=1S/C18H19N5OS2/c1-11-14(12(2)21-17(20-11)25-3)6-7-16(24)23-18-22-15(10-26-18)13-5-4-8-19-9-13/h4-5,8-10H,6-7H2,1-3H3,(H,22,23,24). The van der Waals surface area contributed by atoms with E-state index >= 15 is 0 Å². The predicted molar refractivity (Wildman–Crippen MR) is 106 cm³/mol. The quantitative estimate of drug-likeness (QED) is 0.512. The van der Waals surface area contributed by atoms with Gasteiger partial charge in [0.1, 0.15) is 0 Å². The van der Waals surface area contributed by atoms with Crippen molar-refractivity contribution in [1.29, 1.82) is 0 Å². The number of hydrogen-bond donors (Lipinski definition) is 1. The minimum atomic E-state index is -0.0650. The van der Waals surface area contributed by atoms with Crippen LogP contribution in [-0.4, -0.2) is 32.1 Å². The summed E-state index contributed by atoms with van der Waals surface area (Å²) in [5.74, 6) is -0.0650. The molecule has 3 rings (SSSR count). The van der Waals surface area contributed by atoms with Gasteiger partial charge in [-0.25, -0.2) is 15.0 Å². The summed E-state index contributed by atoms with van der Waals surface area (Å²) in [5, 5.41) is 6.14. The summed E-state index contributed by atoms with van der Waals surface area (Å²) in [6.45, 7) is 3.92. The van der Waals surface area contributed by atoms with E-state index in [4.69, 9.17) is 0 Å². The van der Waals surface area contributed by atoms with Crippen LogP contribution in [0.15, 0.2) is 35.1 Å². The fourth-order valence-corrected chi connectivity index (χ4v) is 3.75. The summed E-state index contributed by atoms with van der Waals surface area (Å²) in [6, 6.07) is 3.81. The molecule has 134 valence electrons. The molecular formula is C18H19N5OS2. The van der Waals surface area contributed by atoms with E-state index in [0.29, 0.717) is 18.0 Å². The molecule has 0 atom stereocenters. The van der Waals surface area contributed by atoms with Crippen LogP contribution in [0.3, 0.4) is 0 Å². The van der Waals surface area contributed by atoms with Gasteiger partial charge in [0.2, 0.25) is 5.91 Å². The van der Waals surface area contributed by atoms with Crippen LogP contribution in [0.4, 0.5) is 5.13 Å². The van der Waals surface area contributed by atoms with Crippen molar-refractivity contribution in [3.05, 3.63) is 46.9 Å². The van der Waals surface area contributed by atoms with E-state index in [9.17, 15) is 4.79 Å². The molecule has 0 radical (unpaired) electrons. The molecule has 8 heteroatoms. The molecule has 3 aromatic rings. The lowest BCUT2D eigenvalue weighted by Gasteiger charge is -2.09. The maximum Gasteiger partial charge on any atom is 0.226 e. The van der Waals surface area contributed by atoms with E-state index in [1.807, 2.05) is 37.6 Å². The minimum absolute atomic E-state index is 0.0650. The monoisotopic (exact) mass is 385 g/mol. The van der Waals surface area contributed by atoms with Gasteiger partial charge >= 0.3 is 0 Å². The molecule has 0 bridgehead atoms. The first-order valence-corrected chi connectivity index (χ1v) is 10.2. The normalized spacial score (nSPS) is 10.7. The van der Waals surface area contributed by atoms with Crippen LogP contribution in [0.2, 0.25) is 0 Å². The molecule has 0 aromatic carbocycles. The second-order valence-electron chi connectivity index (χ2n) is 5.69. The van der Waals surface area contributed by atoms with Crippen molar-refractivity contribution in [2.75, 3.05) is 11.6 Å². The van der Waals surface area contributed by atoms with E-state index in [1.165, 1.54) is 23.1 Å². The summed E-state index contributed by atoms with van der Waals surface area (Å²) < 4.78 is 0. The molecule has 0 aliphatic heterocycles. The third kappa shape index (κ3) is 4.44. The van der Waals surface area contributed by atoms with Gasteiger partial charge in [0.25, 0.3) is 0 Å². The van der Waals surface area contributed by atoms with E-state index < -0.39 is 0 Å². The van der Waals surface area contributed by atoms with Crippen LogP contribution in [0.5, 0.6) is 0 Å². The molecule has 0 saturated carbocycles. The second kappa shape index (κ2) is 8.37. The molecule has 0 fully saturated rings. The molecular weight excluding hydrogens is 366 g/mol. The number of carbonyl (C=O) groups is 1. The van der Waals surface area contributed by atoms with Crippen LogP contribution in [0.1, 0.15) is 23.4 Å². The van der Waals surface area contributed by atoms with Crippen molar-refractivity contribution in [1.82, 2.24) is 19.9 Å². The SMILES string of the molecule is CSc1nc(C)c(CCC(=O)Nc2nc(-c3cccnc3)cs2)c(C)n1. The first-order valence-electron chi connectivity index (χ1n) is 8.10. The molecule has 0 unspecified atom stereocenters. The van der Waals surface area contributed by atoms with Gasteiger partial charge in [-0.1, -0.05) is 11.8 Å². The Morgan fingerprint density at radius 2 is 2.00 bits per heavy atom. The Morgan fingerprint density at radius 1 is 1.23 bits per heavy atom. The molecule has 3 heterocycles. The Labute approximate surface area is 160 Å². The highest BCUT2D eigenvalue weighted by molar-refractivity contribution is 7.98. The summed E-state index contributed by atoms with van der Waals surface area (Å²) >= 11 is 2.93. The number of rotatable bonds is 6. The molecule has 1 amide bonds. The van der Waals surface area contributed by atoms with Crippen molar-refractivity contribution < 1.29 is 4.79 Å². The number of anilines is 1. The van der Waals surface area contributed by atoms with Gasteiger partial charge < -0.3 is 5.32 Å². The summed E-state index contributed by atoms with van der Waals surface area (Å²) in [7, 11) is 0. The van der Waals surface area contributed by atoms with Crippen LogP contribution >= 0.6 is 23.1 Å². The Bertz CT molecular complexity index is 888. The Morgan fingerprint density at radius 3 is 2.65 bits per heavy atom. The largest absolute Gasteiger partial charge is 0.302 e. The zero-order valence-corrected chi connectivity index (χ0v) is 16.4. The third-order valence-corrected chi connectivity index (χ3v) is 5.20. The lowest BCUT2D eigenvalue weighted by atomic mass is 10.1. The van der Waals surface area contributed by atoms with Crippen molar-refractivity contribution in [2.45, 2.75) is 31.8 Å². The number of nitrogens with one attached hydrogen (secondary N) is 1. The number of pyridine rings is 1. The minimum Gasteiger partial charge on any atom is -0.302 e. The smallest absolute Gasteiger partial charge is 0.226 e. The number of carbonyl (C=O) groups excluding carboxylic acids is 1. The van der Waals surface area contributed by atoms with Crippen LogP contribution in [0, 0.1) is 13.8 Å². The van der Waals surface area contributed by atoms with Gasteiger partial charge in [0, 0.05) is 41.1 Å². The fourth-order valence-electron chi connectivity index (χ4n) is 2.56. The van der Waals surface area contributed by atoms with Gasteiger partial charge in [0.05, 0.1) is 5.69 Å². The van der Waals surface area contributed by atoms with Crippen molar-refractivity contribution in [3.63, 3.8) is 0 Å². The molecule has 6 nitrogen and oxygen atoms in total. The highest BCUT2D eigenvalue weighted by atomic mass is 32.2. The molecule has 0 aliphatic rings. The van der Waals surface area contributed by atoms with Gasteiger partial charge in [-0.05, 0) is 44.2 Å². The fraction of sp³-hybridized carbons (Fsp3) is 0.278. The molecule has 0 spiro atoms. The number of thiazole rings is 1. The van der Waals surface area contributed by atoms with Gasteiger partial charge in [-0.15, -0.1) is 11.3 Å². The summed E-state index contributed by atoms with van der Waals surface area (Å²) in [5.41, 5.74) is 4.64. The number of amides is 1. The van der Waals surface area contributed by atoms with Crippen molar-refractivity contribution in [2.24, 2.45) is 0 Å². The molecule has 1 N–H and O–H groups in total. The topological polar surface area (TPSA) is 80.7 Å². The van der Waals surface area contributed by atoms with E-state index in [-0.39, 0.29) is 5.91 Å². The highest BCUT2D eigenvalue weighted by Crippen LogP contribution is 2.24. The number of thioether (sulfide) groups is 1. The van der Waals surface area contributed by atoms with Gasteiger partial charge in [0.15, 0.2) is 10.3 Å². The molecule has 26 heavy (non-hydrogen) atoms. The second-order valence-corrected chi connectivity index (χ2v) is 7.32. The average molecular weight is 386 g/mol. The molecule has 0 aliphatic carbocycles. The molecule has 3 aromatic heterocycles. The first kappa shape index (κ1) is 18.5. The van der Waals surface area contributed by atoms with Crippen LogP contribution in [-0.2, 0) is 11.2 Å². The van der Waals surface area contributed by atoms with Crippen LogP contribution in [0.25, 0.3) is 11.3 Å². The van der Waals surface area contributed by atoms with Gasteiger partial charge in [-0.3, -0.25) is 9.78 Å². The lowest BCUT2D eigenvalue weighted by Crippen LogP contribution is -2.13. The Kier molecular flexibility index (Phi) is 5.95. The zero-order chi connectivity index (χ0) is 18.5. The summed E-state index contributed by atoms with van der Waals surface area (Å²) in [6.07, 6.45) is 6.40. The number of aryl methyl sites for hydroxylation is 2. The van der Waals surface area contributed by atoms with E-state index in [1.54, 1.807) is 12.4 Å². The number of nitrogens with zero attached hydrogens (tertiary/aromatic N) is 4. The maximum absolute atomic E-state index is 12.3. The third-order valence-electron chi connectivity index (χ3n) is 3.89. The predicted octanol–water partition coefficient (Wildman–Crippen LogP) is 3.91. The van der Waals surface area contributed by atoms with Crippen molar-refractivity contribution >= 4 is 34.1 Å². The Balaban J connectivity index is 1.61. The average Bonchev–Trinajstić information content (AvgIpc) is 3.10. The van der Waals surface area contributed by atoms with Gasteiger partial charge in [-0.2, -0.15) is 0 Å². The zero-order valence-electron chi connectivity index (χ0n) is 14.8. The van der Waals surface area contributed by atoms with Crippen LogP contribution < -0.4 is 5.32 Å². The first-order chi connectivity index (χ1) is 12.6. The maximum atomic E-state index is 12.3. The number of aromatic nitrogens is 4. The van der Waals surface area contributed by atoms with E-state index in [2.05, 4.69) is 25.3 Å². The van der Waals surface area contributed by atoms with E-state index in [0.717, 1.165) is 33.4 Å². The number of hydrogen-bond acceptors (Lipinski definition) is 7. The molecule has 0 saturated heterocycles. The summed E-state index contributed by atoms with van der Waals surface area (Å²) in [4.78, 5) is 29.7. The lowest BCUT2D eigenvalue weighted by molar-refractivity contribution is -0.116. The Hall–Kier alpha value is -2.32. The highest BCUT2D eigenvalue weighted by Gasteiger charge is 2.12. The van der Waals surface area contributed by atoms with Crippen molar-refractivity contribution in [3.8, 4) is 11.3 Å².